The van der Waals surface area contributed by atoms with Crippen LogP contribution < -0.4 is 20.1 Å². The standard InChI is InChI=1S/C44H50N4O8/c1-5-7-27-55-43(51)36-38(30-21-25-34(54-4)26-22-30)48-40(44(52)56-28-8-6-2)35(41(49)45-31-15-11-9-12-16-31)37(29-19-23-33(53-3)24-20-29)47(48)39(36)42(50)46-32-17-13-10-14-18-32/h9-26,35-40H,5-8,27-28H2,1-4H3,(H,45,49)(H,46,50)/t35-,36-,37+,38+,39+,40-/m0/s1. The zero-order valence-electron chi connectivity index (χ0n) is 32.3. The summed E-state index contributed by atoms with van der Waals surface area (Å²) in [4.78, 5) is 59.2. The van der Waals surface area contributed by atoms with Gasteiger partial charge < -0.3 is 29.6 Å². The van der Waals surface area contributed by atoms with E-state index in [-0.39, 0.29) is 13.2 Å². The number of unbranched alkanes of at least 4 members (excludes halogenated alkanes) is 2. The van der Waals surface area contributed by atoms with Crippen LogP contribution in [-0.4, -0.2) is 73.3 Å². The van der Waals surface area contributed by atoms with Gasteiger partial charge in [-0.25, -0.2) is 10.0 Å². The van der Waals surface area contributed by atoms with Crippen LogP contribution >= 0.6 is 0 Å². The van der Waals surface area contributed by atoms with E-state index < -0.39 is 59.8 Å². The van der Waals surface area contributed by atoms with Crippen LogP contribution in [0.2, 0.25) is 0 Å². The van der Waals surface area contributed by atoms with Crippen LogP contribution in [0.5, 0.6) is 11.5 Å². The van der Waals surface area contributed by atoms with Gasteiger partial charge in [0.25, 0.3) is 0 Å². The number of hydrogen-bond donors (Lipinski definition) is 2. The SMILES string of the molecule is CCCCOC(=O)[C@H]1[C@@H](c2ccc(OC)cc2)N2[C@H](C(=O)OCCCC)[C@@H](C(=O)Nc3ccccc3)[C@@H](c3ccc(OC)cc3)N2[C@H]1C(=O)Nc1ccccc1. The van der Waals surface area contributed by atoms with E-state index >= 15 is 0 Å². The highest BCUT2D eigenvalue weighted by molar-refractivity contribution is 6.01. The molecule has 4 aromatic carbocycles. The number of nitrogens with zero attached hydrogens (tertiary/aromatic N) is 2. The maximum Gasteiger partial charge on any atom is 0.325 e. The van der Waals surface area contributed by atoms with E-state index in [1.54, 1.807) is 84.9 Å². The predicted octanol–water partition coefficient (Wildman–Crippen LogP) is 6.97. The van der Waals surface area contributed by atoms with E-state index in [0.717, 1.165) is 12.8 Å². The molecule has 0 saturated carbocycles. The molecular weight excluding hydrogens is 713 g/mol. The number of methoxy groups -OCH3 is 2. The van der Waals surface area contributed by atoms with Crippen molar-refractivity contribution in [1.29, 1.82) is 0 Å². The number of ether oxygens (including phenoxy) is 4. The van der Waals surface area contributed by atoms with Crippen molar-refractivity contribution >= 4 is 35.1 Å². The van der Waals surface area contributed by atoms with Gasteiger partial charge in [-0.3, -0.25) is 19.2 Å². The molecule has 6 rings (SSSR count). The summed E-state index contributed by atoms with van der Waals surface area (Å²) in [6, 6.07) is 27.9. The molecule has 56 heavy (non-hydrogen) atoms. The Bertz CT molecular complexity index is 1930. The van der Waals surface area contributed by atoms with Gasteiger partial charge in [0.05, 0.1) is 45.4 Å². The summed E-state index contributed by atoms with van der Waals surface area (Å²) in [6.07, 6.45) is 2.81. The molecule has 2 aliphatic rings. The Kier molecular flexibility index (Phi) is 13.4. The van der Waals surface area contributed by atoms with E-state index in [4.69, 9.17) is 18.9 Å². The van der Waals surface area contributed by atoms with Crippen molar-refractivity contribution in [2.75, 3.05) is 38.1 Å². The monoisotopic (exact) mass is 762 g/mol. The Labute approximate surface area is 328 Å². The quantitative estimate of drug-likeness (QED) is 0.0911. The molecule has 2 heterocycles. The molecule has 12 nitrogen and oxygen atoms in total. The van der Waals surface area contributed by atoms with Crippen molar-refractivity contribution in [2.24, 2.45) is 11.8 Å². The predicted molar refractivity (Wildman–Crippen MR) is 212 cm³/mol. The number of para-hydroxylation sites is 2. The molecule has 0 unspecified atom stereocenters. The first-order valence-corrected chi connectivity index (χ1v) is 19.2. The van der Waals surface area contributed by atoms with Crippen LogP contribution in [0.3, 0.4) is 0 Å². The lowest BCUT2D eigenvalue weighted by Gasteiger charge is -2.33. The fraction of sp³-hybridized carbons (Fsp3) is 0.364. The molecule has 294 valence electrons. The Balaban J connectivity index is 1.60. The van der Waals surface area contributed by atoms with Gasteiger partial charge in [-0.1, -0.05) is 87.4 Å². The second-order valence-electron chi connectivity index (χ2n) is 13.9. The van der Waals surface area contributed by atoms with Crippen molar-refractivity contribution in [3.05, 3.63) is 120 Å². The van der Waals surface area contributed by atoms with Crippen LogP contribution in [0.25, 0.3) is 0 Å². The summed E-state index contributed by atoms with van der Waals surface area (Å²) in [7, 11) is 3.12. The van der Waals surface area contributed by atoms with Crippen LogP contribution in [0.1, 0.15) is 62.7 Å². The number of rotatable bonds is 16. The number of nitrogens with one attached hydrogen (secondary N) is 2. The molecular formula is C44H50N4O8. The van der Waals surface area contributed by atoms with Crippen LogP contribution in [0.4, 0.5) is 11.4 Å². The number of anilines is 2. The smallest absolute Gasteiger partial charge is 0.325 e. The Hall–Kier alpha value is -5.72. The summed E-state index contributed by atoms with van der Waals surface area (Å²) in [5.41, 5.74) is 2.30. The van der Waals surface area contributed by atoms with E-state index in [9.17, 15) is 19.2 Å². The second kappa shape index (κ2) is 18.7. The average molecular weight is 763 g/mol. The number of carbonyl (C=O) groups is 4. The Morgan fingerprint density at radius 3 is 1.43 bits per heavy atom. The molecule has 2 aliphatic heterocycles. The maximum absolute atomic E-state index is 15.0. The largest absolute Gasteiger partial charge is 0.497 e. The highest BCUT2D eigenvalue weighted by Gasteiger charge is 2.68. The van der Waals surface area contributed by atoms with Gasteiger partial charge in [0, 0.05) is 11.4 Å². The van der Waals surface area contributed by atoms with Gasteiger partial charge in [-0.2, -0.15) is 0 Å². The highest BCUT2D eigenvalue weighted by Crippen LogP contribution is 2.56. The van der Waals surface area contributed by atoms with E-state index in [1.807, 2.05) is 62.4 Å². The lowest BCUT2D eigenvalue weighted by molar-refractivity contribution is -0.158. The summed E-state index contributed by atoms with van der Waals surface area (Å²) >= 11 is 0. The number of fused-ring (bicyclic) bond motifs is 1. The Morgan fingerprint density at radius 1 is 0.536 bits per heavy atom. The summed E-state index contributed by atoms with van der Waals surface area (Å²) < 4.78 is 22.9. The molecule has 6 atom stereocenters. The van der Waals surface area contributed by atoms with Gasteiger partial charge in [0.2, 0.25) is 11.8 Å². The van der Waals surface area contributed by atoms with E-state index in [2.05, 4.69) is 10.6 Å². The molecule has 0 bridgehead atoms. The number of esters is 2. The van der Waals surface area contributed by atoms with Crippen molar-refractivity contribution < 1.29 is 38.1 Å². The summed E-state index contributed by atoms with van der Waals surface area (Å²) in [5, 5.41) is 9.55. The van der Waals surface area contributed by atoms with Crippen molar-refractivity contribution in [3.8, 4) is 11.5 Å². The number of hydrazine groups is 1. The highest BCUT2D eigenvalue weighted by atomic mass is 16.5. The molecule has 4 aromatic rings. The first-order chi connectivity index (χ1) is 27.3. The number of benzene rings is 4. The molecule has 0 aliphatic carbocycles. The average Bonchev–Trinajstić information content (AvgIpc) is 3.75. The van der Waals surface area contributed by atoms with Gasteiger partial charge >= 0.3 is 11.9 Å². The Morgan fingerprint density at radius 2 is 0.964 bits per heavy atom. The van der Waals surface area contributed by atoms with Crippen LogP contribution in [-0.2, 0) is 28.7 Å². The maximum atomic E-state index is 15.0. The molecule has 0 spiro atoms. The van der Waals surface area contributed by atoms with Crippen molar-refractivity contribution in [3.63, 3.8) is 0 Å². The fourth-order valence-corrected chi connectivity index (χ4v) is 7.63. The first kappa shape index (κ1) is 40.0. The second-order valence-corrected chi connectivity index (χ2v) is 13.9. The molecule has 2 N–H and O–H groups in total. The van der Waals surface area contributed by atoms with Crippen molar-refractivity contribution in [1.82, 2.24) is 10.0 Å². The van der Waals surface area contributed by atoms with Crippen molar-refractivity contribution in [2.45, 2.75) is 63.7 Å². The molecule has 2 amide bonds. The summed E-state index contributed by atoms with van der Waals surface area (Å²) in [5.74, 6) is -3.31. The van der Waals surface area contributed by atoms with Gasteiger partial charge in [-0.05, 0) is 72.5 Å². The molecule has 12 heteroatoms. The third-order valence-electron chi connectivity index (χ3n) is 10.3. The topological polar surface area (TPSA) is 136 Å². The minimum atomic E-state index is -1.27. The van der Waals surface area contributed by atoms with Crippen LogP contribution in [0, 0.1) is 11.8 Å². The molecule has 0 aromatic heterocycles. The minimum Gasteiger partial charge on any atom is -0.497 e. The van der Waals surface area contributed by atoms with Gasteiger partial charge in [-0.15, -0.1) is 0 Å². The lowest BCUT2D eigenvalue weighted by atomic mass is 9.81. The summed E-state index contributed by atoms with van der Waals surface area (Å²) in [6.45, 7) is 4.27. The van der Waals surface area contributed by atoms with E-state index in [0.29, 0.717) is 46.8 Å². The van der Waals surface area contributed by atoms with E-state index in [1.165, 1.54) is 0 Å². The molecule has 2 saturated heterocycles. The minimum absolute atomic E-state index is 0.132. The third-order valence-corrected chi connectivity index (χ3v) is 10.3. The van der Waals surface area contributed by atoms with Gasteiger partial charge in [0.15, 0.2) is 0 Å². The molecule has 2 fully saturated rings. The molecule has 0 radical (unpaired) electrons. The van der Waals surface area contributed by atoms with Crippen LogP contribution in [0.15, 0.2) is 109 Å². The normalized spacial score (nSPS) is 21.8. The number of amides is 2. The fourth-order valence-electron chi connectivity index (χ4n) is 7.63. The number of carbonyl (C=O) groups excluding carboxylic acids is 4. The third kappa shape index (κ3) is 8.56. The lowest BCUT2D eigenvalue weighted by Crippen LogP contribution is -2.48. The zero-order valence-corrected chi connectivity index (χ0v) is 32.3. The van der Waals surface area contributed by atoms with Gasteiger partial charge in [0.1, 0.15) is 29.5 Å². The number of hydrogen-bond acceptors (Lipinski definition) is 10. The first-order valence-electron chi connectivity index (χ1n) is 19.2. The zero-order chi connectivity index (χ0) is 39.6.